The molecule has 1 aromatic carbocycles. The fraction of sp³-hybridized carbons (Fsp3) is 0.500. The first kappa shape index (κ1) is 16.3. The first-order valence-electron chi connectivity index (χ1n) is 7.77. The number of anilines is 1. The molecule has 0 atom stereocenters. The molecule has 23 heavy (non-hydrogen) atoms. The number of ether oxygens (including phenoxy) is 1. The van der Waals surface area contributed by atoms with Crippen molar-refractivity contribution in [1.82, 2.24) is 5.32 Å². The summed E-state index contributed by atoms with van der Waals surface area (Å²) >= 11 is 3.37. The van der Waals surface area contributed by atoms with E-state index in [0.717, 1.165) is 30.2 Å². The van der Waals surface area contributed by atoms with Gasteiger partial charge in [-0.2, -0.15) is 0 Å². The van der Waals surface area contributed by atoms with E-state index >= 15 is 0 Å². The maximum absolute atomic E-state index is 12.4. The molecule has 0 aromatic heterocycles. The lowest BCUT2D eigenvalue weighted by Crippen LogP contribution is -2.55. The maximum atomic E-state index is 12.4. The molecule has 1 heterocycles. The number of carbonyl (C=O) groups excluding carboxylic acids is 2. The van der Waals surface area contributed by atoms with Crippen molar-refractivity contribution in [3.63, 3.8) is 0 Å². The van der Waals surface area contributed by atoms with Crippen molar-refractivity contribution in [2.24, 2.45) is 5.73 Å². The van der Waals surface area contributed by atoms with Crippen LogP contribution in [0, 0.1) is 0 Å². The van der Waals surface area contributed by atoms with Gasteiger partial charge in [0.05, 0.1) is 11.2 Å². The lowest BCUT2D eigenvalue weighted by molar-refractivity contribution is -0.126. The zero-order valence-electron chi connectivity index (χ0n) is 12.8. The van der Waals surface area contributed by atoms with Crippen molar-refractivity contribution in [1.29, 1.82) is 0 Å². The molecule has 3 rings (SSSR count). The molecular formula is C16H20BrN3O3. The van der Waals surface area contributed by atoms with Gasteiger partial charge in [0.15, 0.2) is 6.61 Å². The van der Waals surface area contributed by atoms with Gasteiger partial charge in [0.25, 0.3) is 5.91 Å². The normalized spacial score (nSPS) is 19.2. The van der Waals surface area contributed by atoms with Crippen molar-refractivity contribution in [2.45, 2.75) is 31.2 Å². The molecule has 124 valence electrons. The number of halogens is 1. The Morgan fingerprint density at radius 2 is 2.13 bits per heavy atom. The van der Waals surface area contributed by atoms with Crippen LogP contribution < -0.4 is 20.7 Å². The van der Waals surface area contributed by atoms with Crippen LogP contribution in [0.1, 0.15) is 25.7 Å². The molecule has 6 nitrogen and oxygen atoms in total. The van der Waals surface area contributed by atoms with Crippen LogP contribution in [0.5, 0.6) is 5.75 Å². The molecule has 1 aromatic rings. The van der Waals surface area contributed by atoms with E-state index in [0.29, 0.717) is 18.0 Å². The first-order valence-corrected chi connectivity index (χ1v) is 8.56. The molecule has 1 aliphatic heterocycles. The molecule has 3 N–H and O–H groups in total. The topological polar surface area (TPSA) is 84.7 Å². The molecule has 1 saturated carbocycles. The van der Waals surface area contributed by atoms with E-state index in [4.69, 9.17) is 10.5 Å². The molecule has 2 aliphatic rings. The largest absolute Gasteiger partial charge is 0.482 e. The van der Waals surface area contributed by atoms with Gasteiger partial charge in [-0.1, -0.05) is 28.8 Å². The van der Waals surface area contributed by atoms with Gasteiger partial charge >= 0.3 is 0 Å². The van der Waals surface area contributed by atoms with Crippen LogP contribution in [0.2, 0.25) is 0 Å². The number of amides is 2. The molecule has 0 radical (unpaired) electrons. The third-order valence-electron chi connectivity index (χ3n) is 4.52. The highest BCUT2D eigenvalue weighted by atomic mass is 79.9. The lowest BCUT2D eigenvalue weighted by Gasteiger charge is -2.32. The second-order valence-electron chi connectivity index (χ2n) is 6.12. The van der Waals surface area contributed by atoms with Gasteiger partial charge < -0.3 is 15.8 Å². The summed E-state index contributed by atoms with van der Waals surface area (Å²) in [5.41, 5.74) is 6.16. The summed E-state index contributed by atoms with van der Waals surface area (Å²) in [4.78, 5) is 26.1. The van der Waals surface area contributed by atoms with E-state index in [-0.39, 0.29) is 30.5 Å². The van der Waals surface area contributed by atoms with Gasteiger partial charge in [0, 0.05) is 11.0 Å². The van der Waals surface area contributed by atoms with Crippen molar-refractivity contribution in [3.8, 4) is 5.75 Å². The fourth-order valence-electron chi connectivity index (χ4n) is 3.26. The Hall–Kier alpha value is -1.60. The lowest BCUT2D eigenvalue weighted by atomic mass is 9.98. The highest BCUT2D eigenvalue weighted by Gasteiger charge is 2.35. The van der Waals surface area contributed by atoms with Crippen LogP contribution in [0.3, 0.4) is 0 Å². The number of nitrogens with zero attached hydrogens (tertiary/aromatic N) is 1. The van der Waals surface area contributed by atoms with Crippen molar-refractivity contribution in [3.05, 3.63) is 22.7 Å². The highest BCUT2D eigenvalue weighted by Crippen LogP contribution is 2.34. The minimum absolute atomic E-state index is 0.0153. The molecule has 0 saturated heterocycles. The summed E-state index contributed by atoms with van der Waals surface area (Å²) in [6.07, 6.45) is 3.95. The van der Waals surface area contributed by atoms with E-state index in [1.807, 2.05) is 6.07 Å². The monoisotopic (exact) mass is 381 g/mol. The number of rotatable bonds is 4. The SMILES string of the molecule is NCC1(NC(=O)CN2C(=O)COc3cc(Br)ccc32)CCCC1. The van der Waals surface area contributed by atoms with E-state index in [1.165, 1.54) is 4.90 Å². The van der Waals surface area contributed by atoms with Gasteiger partial charge in [-0.25, -0.2) is 0 Å². The molecule has 2 amide bonds. The van der Waals surface area contributed by atoms with Crippen molar-refractivity contribution >= 4 is 33.4 Å². The third-order valence-corrected chi connectivity index (χ3v) is 5.02. The zero-order valence-corrected chi connectivity index (χ0v) is 14.4. The van der Waals surface area contributed by atoms with Crippen LogP contribution in [-0.2, 0) is 9.59 Å². The van der Waals surface area contributed by atoms with Crippen LogP contribution in [0.15, 0.2) is 22.7 Å². The second kappa shape index (κ2) is 6.49. The summed E-state index contributed by atoms with van der Waals surface area (Å²) < 4.78 is 6.29. The molecular weight excluding hydrogens is 362 g/mol. The summed E-state index contributed by atoms with van der Waals surface area (Å²) in [7, 11) is 0. The highest BCUT2D eigenvalue weighted by molar-refractivity contribution is 9.10. The average molecular weight is 382 g/mol. The van der Waals surface area contributed by atoms with Gasteiger partial charge in [-0.3, -0.25) is 14.5 Å². The number of fused-ring (bicyclic) bond motifs is 1. The Morgan fingerprint density at radius 3 is 2.83 bits per heavy atom. The first-order chi connectivity index (χ1) is 11.0. The number of nitrogens with two attached hydrogens (primary N) is 1. The van der Waals surface area contributed by atoms with Crippen LogP contribution in [0.4, 0.5) is 5.69 Å². The molecule has 7 heteroatoms. The number of hydrogen-bond donors (Lipinski definition) is 2. The predicted molar refractivity (Wildman–Crippen MR) is 90.4 cm³/mol. The molecule has 1 aliphatic carbocycles. The van der Waals surface area contributed by atoms with Gasteiger partial charge in [-0.15, -0.1) is 0 Å². The van der Waals surface area contributed by atoms with E-state index in [9.17, 15) is 9.59 Å². The van der Waals surface area contributed by atoms with Crippen LogP contribution in [-0.4, -0.2) is 37.0 Å². The molecule has 0 bridgehead atoms. The maximum Gasteiger partial charge on any atom is 0.265 e. The minimum atomic E-state index is -0.311. The number of benzene rings is 1. The fourth-order valence-corrected chi connectivity index (χ4v) is 3.60. The Morgan fingerprint density at radius 1 is 1.39 bits per heavy atom. The summed E-state index contributed by atoms with van der Waals surface area (Å²) in [5, 5.41) is 3.04. The Labute approximate surface area is 143 Å². The standard InChI is InChI=1S/C16H20BrN3O3/c17-11-3-4-12-13(7-11)23-9-15(22)20(12)8-14(21)19-16(10-18)5-1-2-6-16/h3-4,7H,1-2,5-6,8-10,18H2,(H,19,21). The van der Waals surface area contributed by atoms with Gasteiger partial charge in [-0.05, 0) is 31.0 Å². The van der Waals surface area contributed by atoms with E-state index < -0.39 is 0 Å². The van der Waals surface area contributed by atoms with Crippen molar-refractivity contribution in [2.75, 3.05) is 24.6 Å². The van der Waals surface area contributed by atoms with Gasteiger partial charge in [0.2, 0.25) is 5.91 Å². The Bertz CT molecular complexity index is 629. The Balaban J connectivity index is 1.74. The molecule has 0 unspecified atom stereocenters. The number of hydrogen-bond acceptors (Lipinski definition) is 4. The van der Waals surface area contributed by atoms with E-state index in [2.05, 4.69) is 21.2 Å². The third kappa shape index (κ3) is 3.35. The summed E-state index contributed by atoms with van der Waals surface area (Å²) in [6.45, 7) is 0.358. The van der Waals surface area contributed by atoms with Crippen LogP contribution in [0.25, 0.3) is 0 Å². The van der Waals surface area contributed by atoms with Crippen LogP contribution >= 0.6 is 15.9 Å². The number of nitrogens with one attached hydrogen (secondary N) is 1. The molecule has 0 spiro atoms. The second-order valence-corrected chi connectivity index (χ2v) is 7.04. The Kier molecular flexibility index (Phi) is 4.59. The quantitative estimate of drug-likeness (QED) is 0.828. The zero-order chi connectivity index (χ0) is 16.4. The molecule has 1 fully saturated rings. The summed E-state index contributed by atoms with van der Waals surface area (Å²) in [5.74, 6) is 0.200. The average Bonchev–Trinajstić information content (AvgIpc) is 2.99. The predicted octanol–water partition coefficient (Wildman–Crippen LogP) is 1.56. The summed E-state index contributed by atoms with van der Waals surface area (Å²) in [6, 6.07) is 5.40. The van der Waals surface area contributed by atoms with E-state index in [1.54, 1.807) is 12.1 Å². The van der Waals surface area contributed by atoms with Crippen molar-refractivity contribution < 1.29 is 14.3 Å². The smallest absolute Gasteiger partial charge is 0.265 e. The number of carbonyl (C=O) groups is 2. The minimum Gasteiger partial charge on any atom is -0.482 e. The van der Waals surface area contributed by atoms with Gasteiger partial charge in [0.1, 0.15) is 12.3 Å².